The molecule has 0 saturated carbocycles. The number of carbonyl (C=O) groups excluding carboxylic acids is 1. The first-order valence-corrected chi connectivity index (χ1v) is 6.45. The molecule has 6 heteroatoms. The van der Waals surface area contributed by atoms with Crippen molar-refractivity contribution < 1.29 is 19.4 Å². The van der Waals surface area contributed by atoms with Crippen LogP contribution in [0.25, 0.3) is 0 Å². The van der Waals surface area contributed by atoms with Gasteiger partial charge in [0.05, 0.1) is 17.8 Å². The lowest BCUT2D eigenvalue weighted by Gasteiger charge is -2.30. The van der Waals surface area contributed by atoms with Gasteiger partial charge in [0.25, 0.3) is 0 Å². The Morgan fingerprint density at radius 3 is 2.70 bits per heavy atom. The molecule has 1 amide bonds. The summed E-state index contributed by atoms with van der Waals surface area (Å²) in [4.78, 5) is 28.6. The van der Waals surface area contributed by atoms with Gasteiger partial charge in [0, 0.05) is 12.7 Å². The maximum absolute atomic E-state index is 12.0. The van der Waals surface area contributed by atoms with Crippen molar-refractivity contribution in [2.24, 2.45) is 0 Å². The van der Waals surface area contributed by atoms with Gasteiger partial charge in [-0.25, -0.2) is 9.59 Å². The van der Waals surface area contributed by atoms with E-state index in [2.05, 4.69) is 4.98 Å². The van der Waals surface area contributed by atoms with Crippen molar-refractivity contribution in [3.63, 3.8) is 0 Å². The highest BCUT2D eigenvalue weighted by Gasteiger charge is 2.26. The van der Waals surface area contributed by atoms with E-state index in [1.807, 2.05) is 20.8 Å². The zero-order valence-electron chi connectivity index (χ0n) is 11.8. The van der Waals surface area contributed by atoms with Crippen LogP contribution in [0.15, 0.2) is 12.3 Å². The summed E-state index contributed by atoms with van der Waals surface area (Å²) in [6, 6.07) is 1.62. The molecule has 0 unspecified atom stereocenters. The lowest BCUT2D eigenvalue weighted by molar-refractivity contribution is 0.0220. The lowest BCUT2D eigenvalue weighted by Crippen LogP contribution is -2.40. The average Bonchev–Trinajstić information content (AvgIpc) is 2.35. The average molecular weight is 278 g/mol. The fourth-order valence-electron chi connectivity index (χ4n) is 2.01. The standard InChI is InChI=1S/C14H18N2O4/c1-14(2,3)20-13(19)16-5-4-9-6-10(12(17)18)7-15-11(9)8-16/h6-7H,4-5,8H2,1-3H3,(H,17,18). The van der Waals surface area contributed by atoms with Gasteiger partial charge in [0.2, 0.25) is 0 Å². The molecular weight excluding hydrogens is 260 g/mol. The smallest absolute Gasteiger partial charge is 0.410 e. The second kappa shape index (κ2) is 5.11. The normalized spacial score (nSPS) is 14.7. The fraction of sp³-hybridized carbons (Fsp3) is 0.500. The highest BCUT2D eigenvalue weighted by atomic mass is 16.6. The topological polar surface area (TPSA) is 79.7 Å². The molecular formula is C14H18N2O4. The molecule has 0 radical (unpaired) electrons. The van der Waals surface area contributed by atoms with E-state index in [9.17, 15) is 9.59 Å². The van der Waals surface area contributed by atoms with Crippen LogP contribution < -0.4 is 0 Å². The van der Waals surface area contributed by atoms with Gasteiger partial charge in [-0.1, -0.05) is 0 Å². The van der Waals surface area contributed by atoms with Crippen molar-refractivity contribution in [3.05, 3.63) is 29.1 Å². The second-order valence-electron chi connectivity index (χ2n) is 5.79. The summed E-state index contributed by atoms with van der Waals surface area (Å²) in [6.07, 6.45) is 1.54. The van der Waals surface area contributed by atoms with Crippen molar-refractivity contribution in [1.29, 1.82) is 0 Å². The monoisotopic (exact) mass is 278 g/mol. The predicted molar refractivity (Wildman–Crippen MR) is 71.5 cm³/mol. The van der Waals surface area contributed by atoms with Gasteiger partial charge in [-0.05, 0) is 38.8 Å². The maximum atomic E-state index is 12.0. The second-order valence-corrected chi connectivity index (χ2v) is 5.79. The molecule has 0 fully saturated rings. The van der Waals surface area contributed by atoms with Crippen LogP contribution in [0.2, 0.25) is 0 Å². The number of nitrogens with zero attached hydrogens (tertiary/aromatic N) is 2. The molecule has 0 saturated heterocycles. The van der Waals surface area contributed by atoms with Gasteiger partial charge < -0.3 is 14.7 Å². The van der Waals surface area contributed by atoms with E-state index < -0.39 is 11.6 Å². The maximum Gasteiger partial charge on any atom is 0.410 e. The fourth-order valence-corrected chi connectivity index (χ4v) is 2.01. The molecule has 1 aromatic heterocycles. The first kappa shape index (κ1) is 14.3. The number of aromatic nitrogens is 1. The highest BCUT2D eigenvalue weighted by molar-refractivity contribution is 5.87. The van der Waals surface area contributed by atoms with Gasteiger partial charge in [0.15, 0.2) is 0 Å². The van der Waals surface area contributed by atoms with Crippen LogP contribution in [0.1, 0.15) is 42.4 Å². The number of hydrogen-bond acceptors (Lipinski definition) is 4. The van der Waals surface area contributed by atoms with E-state index in [1.54, 1.807) is 11.0 Å². The number of carboxylic acids is 1. The van der Waals surface area contributed by atoms with E-state index >= 15 is 0 Å². The minimum Gasteiger partial charge on any atom is -0.478 e. The Morgan fingerprint density at radius 1 is 1.40 bits per heavy atom. The summed E-state index contributed by atoms with van der Waals surface area (Å²) < 4.78 is 5.32. The molecule has 2 rings (SSSR count). The molecule has 1 aliphatic heterocycles. The lowest BCUT2D eigenvalue weighted by atomic mass is 10.0. The van der Waals surface area contributed by atoms with E-state index in [-0.39, 0.29) is 11.7 Å². The molecule has 1 aromatic rings. The van der Waals surface area contributed by atoms with Crippen LogP contribution in [-0.4, -0.2) is 39.2 Å². The molecule has 1 aliphatic rings. The van der Waals surface area contributed by atoms with Crippen molar-refractivity contribution >= 4 is 12.1 Å². The molecule has 0 aliphatic carbocycles. The number of aromatic carboxylic acids is 1. The number of pyridine rings is 1. The number of ether oxygens (including phenoxy) is 1. The number of carbonyl (C=O) groups is 2. The van der Waals surface area contributed by atoms with E-state index in [4.69, 9.17) is 9.84 Å². The summed E-state index contributed by atoms with van der Waals surface area (Å²) >= 11 is 0. The first-order valence-electron chi connectivity index (χ1n) is 6.45. The Labute approximate surface area is 117 Å². The van der Waals surface area contributed by atoms with Gasteiger partial charge in [0.1, 0.15) is 5.60 Å². The molecule has 0 atom stereocenters. The number of amides is 1. The predicted octanol–water partition coefficient (Wildman–Crippen LogP) is 2.07. The SMILES string of the molecule is CC(C)(C)OC(=O)N1CCc2cc(C(=O)O)cnc2C1. The minimum atomic E-state index is -0.991. The van der Waals surface area contributed by atoms with Crippen molar-refractivity contribution in [3.8, 4) is 0 Å². The van der Waals surface area contributed by atoms with Crippen molar-refractivity contribution in [2.45, 2.75) is 39.3 Å². The van der Waals surface area contributed by atoms with Gasteiger partial charge in [-0.3, -0.25) is 4.98 Å². The van der Waals surface area contributed by atoms with Gasteiger partial charge in [-0.2, -0.15) is 0 Å². The van der Waals surface area contributed by atoms with Crippen LogP contribution in [0, 0.1) is 0 Å². The van der Waals surface area contributed by atoms with Crippen molar-refractivity contribution in [2.75, 3.05) is 6.54 Å². The number of rotatable bonds is 1. The largest absolute Gasteiger partial charge is 0.478 e. The number of fused-ring (bicyclic) bond motifs is 1. The molecule has 6 nitrogen and oxygen atoms in total. The zero-order chi connectivity index (χ0) is 14.9. The Kier molecular flexibility index (Phi) is 3.65. The number of carboxylic acid groups (broad SMARTS) is 1. The molecule has 0 aromatic carbocycles. The Morgan fingerprint density at radius 2 is 2.10 bits per heavy atom. The summed E-state index contributed by atoms with van der Waals surface area (Å²) in [6.45, 7) is 6.32. The Bertz CT molecular complexity index is 549. The molecule has 0 spiro atoms. The first-order chi connectivity index (χ1) is 9.26. The number of hydrogen-bond donors (Lipinski definition) is 1. The molecule has 108 valence electrons. The Balaban J connectivity index is 2.12. The van der Waals surface area contributed by atoms with Crippen molar-refractivity contribution in [1.82, 2.24) is 9.88 Å². The summed E-state index contributed by atoms with van der Waals surface area (Å²) in [5.41, 5.74) is 1.25. The molecule has 2 heterocycles. The van der Waals surface area contributed by atoms with Crippen LogP contribution in [0.5, 0.6) is 0 Å². The highest BCUT2D eigenvalue weighted by Crippen LogP contribution is 2.20. The van der Waals surface area contributed by atoms with Crippen LogP contribution in [0.4, 0.5) is 4.79 Å². The quantitative estimate of drug-likeness (QED) is 0.850. The van der Waals surface area contributed by atoms with E-state index in [0.717, 1.165) is 11.3 Å². The van der Waals surface area contributed by atoms with E-state index in [1.165, 1.54) is 6.20 Å². The third-order valence-electron chi connectivity index (χ3n) is 2.95. The van der Waals surface area contributed by atoms with E-state index in [0.29, 0.717) is 19.5 Å². The van der Waals surface area contributed by atoms with Gasteiger partial charge >= 0.3 is 12.1 Å². The van der Waals surface area contributed by atoms with Crippen LogP contribution in [-0.2, 0) is 17.7 Å². The van der Waals surface area contributed by atoms with Crippen LogP contribution >= 0.6 is 0 Å². The minimum absolute atomic E-state index is 0.175. The zero-order valence-corrected chi connectivity index (χ0v) is 11.8. The molecule has 20 heavy (non-hydrogen) atoms. The summed E-state index contributed by atoms with van der Waals surface area (Å²) in [7, 11) is 0. The van der Waals surface area contributed by atoms with Gasteiger partial charge in [-0.15, -0.1) is 0 Å². The Hall–Kier alpha value is -2.11. The van der Waals surface area contributed by atoms with Crippen LogP contribution in [0.3, 0.4) is 0 Å². The molecule has 0 bridgehead atoms. The summed E-state index contributed by atoms with van der Waals surface area (Å²) in [5.74, 6) is -0.991. The third-order valence-corrected chi connectivity index (χ3v) is 2.95. The molecule has 1 N–H and O–H groups in total. The third kappa shape index (κ3) is 3.26. The summed E-state index contributed by atoms with van der Waals surface area (Å²) in [5, 5.41) is 8.93.